The number of anilines is 1. The van der Waals surface area contributed by atoms with Crippen molar-refractivity contribution in [2.75, 3.05) is 25.0 Å². The number of rotatable bonds is 9. The van der Waals surface area contributed by atoms with E-state index in [9.17, 15) is 18.4 Å². The van der Waals surface area contributed by atoms with Gasteiger partial charge < -0.3 is 19.9 Å². The first-order valence-electron chi connectivity index (χ1n) is 11.9. The minimum atomic E-state index is -0.502. The monoisotopic (exact) mass is 513 g/mol. The molecule has 0 spiro atoms. The Morgan fingerprint density at radius 2 is 1.83 bits per heavy atom. The van der Waals surface area contributed by atoms with Crippen LogP contribution in [0.5, 0.6) is 0 Å². The van der Waals surface area contributed by atoms with E-state index in [1.807, 2.05) is 19.1 Å². The summed E-state index contributed by atoms with van der Waals surface area (Å²) in [7, 11) is 0. The highest BCUT2D eigenvalue weighted by Crippen LogP contribution is 2.20. The molecule has 2 heterocycles. The summed E-state index contributed by atoms with van der Waals surface area (Å²) < 4.78 is 32.8. The number of halogens is 2. The maximum atomic E-state index is 13.6. The molecule has 1 atom stereocenters. The highest BCUT2D eigenvalue weighted by Gasteiger charge is 2.27. The molecule has 190 valence electrons. The molecule has 0 unspecified atom stereocenters. The van der Waals surface area contributed by atoms with Gasteiger partial charge in [0.2, 0.25) is 5.91 Å². The highest BCUT2D eigenvalue weighted by molar-refractivity contribution is 7.11. The van der Waals surface area contributed by atoms with Gasteiger partial charge in [-0.3, -0.25) is 4.79 Å². The van der Waals surface area contributed by atoms with Gasteiger partial charge in [-0.25, -0.2) is 13.6 Å². The molecule has 36 heavy (non-hydrogen) atoms. The average Bonchev–Trinajstić information content (AvgIpc) is 3.51. The summed E-state index contributed by atoms with van der Waals surface area (Å²) >= 11 is 1.60. The summed E-state index contributed by atoms with van der Waals surface area (Å²) in [5, 5.41) is 2.69. The van der Waals surface area contributed by atoms with Gasteiger partial charge in [0, 0.05) is 35.1 Å². The summed E-state index contributed by atoms with van der Waals surface area (Å²) in [4.78, 5) is 31.9. The number of benzene rings is 2. The average molecular weight is 514 g/mol. The van der Waals surface area contributed by atoms with E-state index in [1.54, 1.807) is 34.4 Å². The molecule has 1 saturated heterocycles. The van der Waals surface area contributed by atoms with Crippen molar-refractivity contribution >= 4 is 29.0 Å². The molecule has 3 amide bonds. The largest absolute Gasteiger partial charge is 0.376 e. The smallest absolute Gasteiger partial charge is 0.322 e. The molecule has 3 aromatic rings. The van der Waals surface area contributed by atoms with Crippen molar-refractivity contribution in [1.29, 1.82) is 0 Å². The third-order valence-electron chi connectivity index (χ3n) is 5.92. The Morgan fingerprint density at radius 1 is 1.03 bits per heavy atom. The Labute approximate surface area is 213 Å². The van der Waals surface area contributed by atoms with Gasteiger partial charge in [0.15, 0.2) is 0 Å². The predicted octanol–water partition coefficient (Wildman–Crippen LogP) is 5.58. The van der Waals surface area contributed by atoms with E-state index in [2.05, 4.69) is 5.32 Å². The summed E-state index contributed by atoms with van der Waals surface area (Å²) in [6.45, 7) is 3.33. The fourth-order valence-corrected chi connectivity index (χ4v) is 4.99. The molecule has 0 radical (unpaired) electrons. The van der Waals surface area contributed by atoms with Crippen LogP contribution in [0.3, 0.4) is 0 Å². The third-order valence-corrected chi connectivity index (χ3v) is 6.90. The highest BCUT2D eigenvalue weighted by atomic mass is 32.1. The van der Waals surface area contributed by atoms with E-state index < -0.39 is 11.8 Å². The van der Waals surface area contributed by atoms with Gasteiger partial charge in [0.1, 0.15) is 18.2 Å². The lowest BCUT2D eigenvalue weighted by Crippen LogP contribution is -2.46. The third kappa shape index (κ3) is 7.35. The Morgan fingerprint density at radius 3 is 2.50 bits per heavy atom. The molecule has 2 aromatic carbocycles. The lowest BCUT2D eigenvalue weighted by atomic mass is 10.2. The molecule has 9 heteroatoms. The molecule has 0 aliphatic carbocycles. The van der Waals surface area contributed by atoms with E-state index in [0.717, 1.165) is 28.2 Å². The molecule has 0 bridgehead atoms. The number of nitrogens with one attached hydrogen (secondary N) is 1. The first kappa shape index (κ1) is 25.8. The van der Waals surface area contributed by atoms with E-state index in [1.165, 1.54) is 35.2 Å². The number of carbonyl (C=O) groups excluding carboxylic acids is 2. The predicted molar refractivity (Wildman–Crippen MR) is 136 cm³/mol. The second-order valence-corrected chi connectivity index (χ2v) is 10.2. The Kier molecular flexibility index (Phi) is 8.66. The number of carbonyl (C=O) groups is 2. The number of hydrogen-bond donors (Lipinski definition) is 1. The molecule has 1 aliphatic rings. The van der Waals surface area contributed by atoms with Gasteiger partial charge in [-0.1, -0.05) is 18.2 Å². The zero-order valence-electron chi connectivity index (χ0n) is 20.1. The summed E-state index contributed by atoms with van der Waals surface area (Å²) in [6, 6.07) is 15.1. The fraction of sp³-hybridized carbons (Fsp3) is 0.333. The number of urea groups is 1. The second-order valence-electron chi connectivity index (χ2n) is 8.84. The van der Waals surface area contributed by atoms with E-state index in [4.69, 9.17) is 4.74 Å². The Balaban J connectivity index is 1.52. The van der Waals surface area contributed by atoms with Crippen LogP contribution in [0.4, 0.5) is 19.3 Å². The minimum Gasteiger partial charge on any atom is -0.376 e. The maximum absolute atomic E-state index is 13.6. The first-order chi connectivity index (χ1) is 17.4. The summed E-state index contributed by atoms with van der Waals surface area (Å²) in [5.74, 6) is -1.06. The fourth-order valence-electron chi connectivity index (χ4n) is 4.09. The van der Waals surface area contributed by atoms with Gasteiger partial charge in [-0.15, -0.1) is 11.3 Å². The van der Waals surface area contributed by atoms with Crippen molar-refractivity contribution in [1.82, 2.24) is 9.80 Å². The molecule has 1 N–H and O–H groups in total. The molecule has 0 saturated carbocycles. The van der Waals surface area contributed by atoms with E-state index >= 15 is 0 Å². The van der Waals surface area contributed by atoms with Crippen LogP contribution in [-0.4, -0.2) is 47.5 Å². The number of thiophene rings is 1. The maximum Gasteiger partial charge on any atom is 0.322 e. The van der Waals surface area contributed by atoms with Crippen LogP contribution in [0.15, 0.2) is 60.7 Å². The van der Waals surface area contributed by atoms with Gasteiger partial charge in [0.25, 0.3) is 0 Å². The van der Waals surface area contributed by atoms with Crippen molar-refractivity contribution in [2.24, 2.45) is 0 Å². The van der Waals surface area contributed by atoms with Crippen LogP contribution >= 0.6 is 11.3 Å². The lowest BCUT2D eigenvalue weighted by molar-refractivity contribution is -0.133. The number of nitrogens with zero attached hydrogens (tertiary/aromatic N) is 2. The quantitative estimate of drug-likeness (QED) is 0.407. The van der Waals surface area contributed by atoms with Gasteiger partial charge in [-0.05, 0) is 67.8 Å². The Hall–Kier alpha value is -3.30. The molecular formula is C27H29F2N3O3S. The number of aryl methyl sites for hydroxylation is 1. The molecule has 1 fully saturated rings. The number of ether oxygens (including phenoxy) is 1. The second kappa shape index (κ2) is 12.1. The van der Waals surface area contributed by atoms with Crippen LogP contribution in [0.2, 0.25) is 0 Å². The van der Waals surface area contributed by atoms with E-state index in [0.29, 0.717) is 18.8 Å². The zero-order chi connectivity index (χ0) is 25.5. The molecule has 1 aliphatic heterocycles. The van der Waals surface area contributed by atoms with Crippen molar-refractivity contribution in [2.45, 2.75) is 39.0 Å². The molecule has 6 nitrogen and oxygen atoms in total. The summed E-state index contributed by atoms with van der Waals surface area (Å²) in [5.41, 5.74) is 1.09. The SMILES string of the molecule is Cc1ccc(CN(Cc2ccc(F)cc2)C(=O)CN(C[C@@H]2CCCO2)C(=O)Nc2cccc(F)c2)s1. The van der Waals surface area contributed by atoms with E-state index in [-0.39, 0.29) is 37.5 Å². The van der Waals surface area contributed by atoms with Crippen molar-refractivity contribution < 1.29 is 23.1 Å². The van der Waals surface area contributed by atoms with Gasteiger partial charge in [0.05, 0.1) is 12.6 Å². The number of hydrogen-bond acceptors (Lipinski definition) is 4. The van der Waals surface area contributed by atoms with Crippen molar-refractivity contribution in [3.63, 3.8) is 0 Å². The molecular weight excluding hydrogens is 484 g/mol. The van der Waals surface area contributed by atoms with Crippen molar-refractivity contribution in [3.8, 4) is 0 Å². The standard InChI is InChI=1S/C27H29F2N3O3S/c1-19-7-12-25(36-19)17-31(15-20-8-10-21(28)11-9-20)26(33)18-32(16-24-6-3-13-35-24)27(34)30-23-5-2-4-22(29)14-23/h2,4-5,7-12,14,24H,3,6,13,15-18H2,1H3,(H,30,34)/t24-/m0/s1. The van der Waals surface area contributed by atoms with Crippen LogP contribution in [0.1, 0.15) is 28.2 Å². The Bertz CT molecular complexity index is 1180. The van der Waals surface area contributed by atoms with Crippen LogP contribution in [0.25, 0.3) is 0 Å². The van der Waals surface area contributed by atoms with Crippen LogP contribution in [-0.2, 0) is 22.6 Å². The first-order valence-corrected chi connectivity index (χ1v) is 12.7. The van der Waals surface area contributed by atoms with Crippen LogP contribution in [0, 0.1) is 18.6 Å². The van der Waals surface area contributed by atoms with Crippen molar-refractivity contribution in [3.05, 3.63) is 87.6 Å². The van der Waals surface area contributed by atoms with Crippen LogP contribution < -0.4 is 5.32 Å². The number of amides is 3. The minimum absolute atomic E-state index is 0.165. The normalized spacial score (nSPS) is 15.0. The van der Waals surface area contributed by atoms with Gasteiger partial charge >= 0.3 is 6.03 Å². The lowest BCUT2D eigenvalue weighted by Gasteiger charge is -2.29. The summed E-state index contributed by atoms with van der Waals surface area (Å²) in [6.07, 6.45) is 1.53. The molecule has 4 rings (SSSR count). The topological polar surface area (TPSA) is 61.9 Å². The van der Waals surface area contributed by atoms with Gasteiger partial charge in [-0.2, -0.15) is 0 Å². The zero-order valence-corrected chi connectivity index (χ0v) is 20.9. The molecule has 1 aromatic heterocycles.